The van der Waals surface area contributed by atoms with Gasteiger partial charge >= 0.3 is 73.8 Å². The molecule has 0 aromatic carbocycles. The van der Waals surface area contributed by atoms with Crippen molar-refractivity contribution in [2.45, 2.75) is 0 Å². The Kier molecular flexibility index (Phi) is 77.9. The van der Waals surface area contributed by atoms with E-state index >= 15 is 0 Å². The summed E-state index contributed by atoms with van der Waals surface area (Å²) in [7, 11) is 0. The molecular formula is In2Te3. The Balaban J connectivity index is -0.0000000133. The third kappa shape index (κ3) is 17.9. The van der Waals surface area contributed by atoms with Gasteiger partial charge in [-0.15, -0.1) is 0 Å². The largest absolute Gasteiger partial charge is 0 e. The van der Waals surface area contributed by atoms with E-state index in [1.54, 1.807) is 0 Å². The van der Waals surface area contributed by atoms with Gasteiger partial charge in [0.1, 0.15) is 0 Å². The van der Waals surface area contributed by atoms with E-state index in [0.29, 0.717) is 0 Å². The minimum absolute atomic E-state index is 0. The fourth-order valence-corrected chi connectivity index (χ4v) is 0. The average Bonchev–Trinajstić information content (AvgIpc) is 1.50. The Labute approximate surface area is 94.5 Å². The Morgan fingerprint density at radius 1 is 0.800 bits per heavy atom. The van der Waals surface area contributed by atoms with Gasteiger partial charge in [-0.2, -0.15) is 0 Å². The first kappa shape index (κ1) is 16.0. The molecule has 0 spiro atoms. The molecule has 0 heterocycles. The standard InChI is InChI=1S/2In.3Te. The minimum atomic E-state index is 0. The van der Waals surface area contributed by atoms with Gasteiger partial charge in [-0.1, -0.05) is 0 Å². The zero-order valence-corrected chi connectivity index (χ0v) is 16.0. The second kappa shape index (κ2) is 24.3. The van der Waals surface area contributed by atoms with Gasteiger partial charge in [-0.3, -0.25) is 0 Å². The van der Waals surface area contributed by atoms with Crippen LogP contribution in [0.1, 0.15) is 0 Å². The Bertz CT molecular complexity index is 6.85. The van der Waals surface area contributed by atoms with E-state index in [-0.39, 0.29) is 23.7 Å². The van der Waals surface area contributed by atoms with Gasteiger partial charge in [-0.25, -0.2) is 0 Å². The molecule has 0 N–H and O–H groups in total. The molecule has 0 saturated carbocycles. The van der Waals surface area contributed by atoms with Crippen molar-refractivity contribution in [1.29, 1.82) is 0 Å². The van der Waals surface area contributed by atoms with E-state index < -0.39 is 0 Å². The van der Waals surface area contributed by atoms with Crippen LogP contribution >= 0.6 is 0 Å². The van der Waals surface area contributed by atoms with Crippen LogP contribution < -0.4 is 0 Å². The van der Waals surface area contributed by atoms with Crippen LogP contribution in [0, 0.1) is 0 Å². The Morgan fingerprint density at radius 2 is 0.800 bits per heavy atom. The molecule has 0 saturated heterocycles. The second-order valence-electron chi connectivity index (χ2n) is 0. The average molecular weight is 612 g/mol. The van der Waals surface area contributed by atoms with Crippen LogP contribution in [0.4, 0.5) is 0 Å². The molecule has 0 fully saturated rings. The summed E-state index contributed by atoms with van der Waals surface area (Å²) in [6, 6.07) is 0. The summed E-state index contributed by atoms with van der Waals surface area (Å²) in [6.45, 7) is 0. The van der Waals surface area contributed by atoms with Gasteiger partial charge in [0.25, 0.3) is 0 Å². The normalized spacial score (nSPS) is 1.20. The maximum atomic E-state index is 2.08. The van der Waals surface area contributed by atoms with Crippen molar-refractivity contribution in [3.05, 3.63) is 0 Å². The molecule has 0 aromatic rings. The number of hydrogen-bond acceptors (Lipinski definition) is 0. The van der Waals surface area contributed by atoms with Crippen LogP contribution in [-0.4, -0.2) is 97.4 Å². The number of rotatable bonds is 0. The van der Waals surface area contributed by atoms with Gasteiger partial charge in [0.05, 0.1) is 0 Å². The molecule has 0 nitrogen and oxygen atoms in total. The van der Waals surface area contributed by atoms with Crippen molar-refractivity contribution in [3.8, 4) is 0 Å². The molecule has 0 aromatic heterocycles. The molecule has 4 radical (unpaired) electrons. The molecule has 0 rings (SSSR count). The maximum absolute atomic E-state index is 2.08. The summed E-state index contributed by atoms with van der Waals surface area (Å²) < 4.78 is 0. The van der Waals surface area contributed by atoms with Crippen LogP contribution in [0.25, 0.3) is 0 Å². The smallest absolute Gasteiger partial charge is 0 e. The van der Waals surface area contributed by atoms with Gasteiger partial charge in [-0.05, 0) is 0 Å². The second-order valence-corrected chi connectivity index (χ2v) is 0. The van der Waals surface area contributed by atoms with Crippen molar-refractivity contribution in [3.63, 3.8) is 0 Å². The molecule has 0 aliphatic rings. The van der Waals surface area contributed by atoms with Crippen molar-refractivity contribution in [2.75, 3.05) is 0 Å². The predicted octanol–water partition coefficient (Wildman–Crippen LogP) is -1.90. The first-order valence-electron chi connectivity index (χ1n) is 0.471. The van der Waals surface area contributed by atoms with Crippen molar-refractivity contribution < 1.29 is 0 Å². The summed E-state index contributed by atoms with van der Waals surface area (Å²) in [5, 5.41) is 0. The van der Waals surface area contributed by atoms with E-state index in [4.69, 9.17) is 0 Å². The first-order valence-corrected chi connectivity index (χ1v) is 21.2. The van der Waals surface area contributed by atoms with Gasteiger partial charge in [0, 0.05) is 23.7 Å². The zero-order chi connectivity index (χ0) is 4.00. The third-order valence-electron chi connectivity index (χ3n) is 0. The fourth-order valence-electron chi connectivity index (χ4n) is 0. The summed E-state index contributed by atoms with van der Waals surface area (Å²) in [4.78, 5) is 0. The molecule has 0 aliphatic carbocycles. The van der Waals surface area contributed by atoms with Crippen LogP contribution in [0.15, 0.2) is 0 Å². The molecule has 5 heteroatoms. The third-order valence-corrected chi connectivity index (χ3v) is 0. The van der Waals surface area contributed by atoms with Crippen molar-refractivity contribution >= 4 is 97.4 Å². The molecule has 0 amide bonds. The molecule has 5 heavy (non-hydrogen) atoms. The molecule has 0 atom stereocenters. The van der Waals surface area contributed by atoms with E-state index in [2.05, 4.69) is 34.5 Å². The fraction of sp³-hybridized carbons (Fsp3) is 0. The van der Waals surface area contributed by atoms with Gasteiger partial charge in [0.15, 0.2) is 0 Å². The summed E-state index contributed by atoms with van der Waals surface area (Å²) in [5.74, 6) is 0. The molecule has 0 aliphatic heterocycles. The molecule has 0 unspecified atom stereocenters. The SMILES string of the molecule is [In]=[Te].[In]=[Te].[Te]. The molecule has 24 valence electrons. The Morgan fingerprint density at radius 3 is 0.800 bits per heavy atom. The van der Waals surface area contributed by atoms with E-state index in [0.717, 1.165) is 0 Å². The topological polar surface area (TPSA) is 0 Å². The first-order chi connectivity index (χ1) is 2.00. The van der Waals surface area contributed by atoms with Crippen LogP contribution in [0.5, 0.6) is 0 Å². The molecular weight excluding hydrogens is 612 g/mol. The van der Waals surface area contributed by atoms with Crippen LogP contribution in [0.2, 0.25) is 0 Å². The van der Waals surface area contributed by atoms with Crippen molar-refractivity contribution in [2.24, 2.45) is 0 Å². The minimum Gasteiger partial charge on any atom is 0 e. The number of hydrogen-bond donors (Lipinski definition) is 0. The maximum Gasteiger partial charge on any atom is 0 e. The van der Waals surface area contributed by atoms with Crippen LogP contribution in [0.3, 0.4) is 0 Å². The molecule has 0 bridgehead atoms. The quantitative estimate of drug-likeness (QED) is 0.281. The monoisotopic (exact) mass is 620 g/mol. The summed E-state index contributed by atoms with van der Waals surface area (Å²) >= 11 is 6.88. The van der Waals surface area contributed by atoms with Gasteiger partial charge in [0.2, 0.25) is 0 Å². The predicted molar refractivity (Wildman–Crippen MR) is 28.8 cm³/mol. The summed E-state index contributed by atoms with van der Waals surface area (Å²) in [6.07, 6.45) is 0. The zero-order valence-electron chi connectivity index (χ0n) is 2.38. The van der Waals surface area contributed by atoms with Crippen molar-refractivity contribution in [1.82, 2.24) is 0 Å². The van der Waals surface area contributed by atoms with E-state index in [1.165, 1.54) is 39.3 Å². The summed E-state index contributed by atoms with van der Waals surface area (Å²) in [5.41, 5.74) is 0. The van der Waals surface area contributed by atoms with Crippen LogP contribution in [-0.2, 0) is 0 Å². The Hall–Kier alpha value is 4.11. The van der Waals surface area contributed by atoms with E-state index in [9.17, 15) is 0 Å². The van der Waals surface area contributed by atoms with E-state index in [1.807, 2.05) is 0 Å². The van der Waals surface area contributed by atoms with Gasteiger partial charge < -0.3 is 0 Å².